The molecule has 7 nitrogen and oxygen atoms in total. The average molecular weight is 378 g/mol. The summed E-state index contributed by atoms with van der Waals surface area (Å²) in [5.41, 5.74) is 0.954. The van der Waals surface area contributed by atoms with Crippen LogP contribution in [0.2, 0.25) is 5.02 Å². The number of nitro groups is 1. The molecule has 8 heteroatoms. The molecule has 0 fully saturated rings. The van der Waals surface area contributed by atoms with Crippen molar-refractivity contribution in [2.45, 2.75) is 19.0 Å². The van der Waals surface area contributed by atoms with Crippen molar-refractivity contribution in [3.63, 3.8) is 0 Å². The van der Waals surface area contributed by atoms with Crippen LogP contribution in [-0.4, -0.2) is 30.6 Å². The summed E-state index contributed by atoms with van der Waals surface area (Å²) < 4.78 is 5.11. The van der Waals surface area contributed by atoms with E-state index in [0.717, 1.165) is 5.56 Å². The summed E-state index contributed by atoms with van der Waals surface area (Å²) in [6, 6.07) is 12.5. The Hall–Kier alpha value is -2.48. The van der Waals surface area contributed by atoms with Crippen LogP contribution < -0.4 is 10.6 Å². The number of methoxy groups -OCH3 is 1. The van der Waals surface area contributed by atoms with E-state index in [0.29, 0.717) is 12.3 Å². The van der Waals surface area contributed by atoms with Gasteiger partial charge in [-0.1, -0.05) is 41.9 Å². The van der Waals surface area contributed by atoms with Gasteiger partial charge in [-0.3, -0.25) is 20.2 Å². The second-order valence-corrected chi connectivity index (χ2v) is 6.18. The lowest BCUT2D eigenvalue weighted by atomic mass is 10.0. The number of hydrogen-bond acceptors (Lipinski definition) is 5. The van der Waals surface area contributed by atoms with Gasteiger partial charge in [0.25, 0.3) is 5.69 Å². The van der Waals surface area contributed by atoms with Crippen LogP contribution in [0.4, 0.5) is 11.4 Å². The summed E-state index contributed by atoms with van der Waals surface area (Å²) in [5.74, 6) is -0.324. The molecule has 0 heterocycles. The Morgan fingerprint density at radius 3 is 2.54 bits per heavy atom. The van der Waals surface area contributed by atoms with E-state index >= 15 is 0 Å². The summed E-state index contributed by atoms with van der Waals surface area (Å²) >= 11 is 6.06. The molecule has 0 aliphatic rings. The van der Waals surface area contributed by atoms with Crippen LogP contribution in [0.5, 0.6) is 0 Å². The number of anilines is 1. The number of carbonyl (C=O) groups excluding carboxylic acids is 1. The molecule has 2 rings (SSSR count). The van der Waals surface area contributed by atoms with Crippen LogP contribution in [0.25, 0.3) is 0 Å². The third kappa shape index (κ3) is 5.26. The van der Waals surface area contributed by atoms with Gasteiger partial charge in [-0.25, -0.2) is 0 Å². The molecule has 2 N–H and O–H groups in total. The Kier molecular flexibility index (Phi) is 7.08. The third-order valence-corrected chi connectivity index (χ3v) is 4.00. The predicted molar refractivity (Wildman–Crippen MR) is 100 cm³/mol. The minimum Gasteiger partial charge on any atom is -0.383 e. The second-order valence-electron chi connectivity index (χ2n) is 5.78. The Morgan fingerprint density at radius 1 is 1.27 bits per heavy atom. The maximum atomic E-state index is 12.8. The number of benzene rings is 2. The fourth-order valence-corrected chi connectivity index (χ4v) is 2.70. The van der Waals surface area contributed by atoms with Gasteiger partial charge in [0.2, 0.25) is 5.91 Å². The third-order valence-electron chi connectivity index (χ3n) is 3.68. The fraction of sp³-hybridized carbons (Fsp3) is 0.278. The molecule has 0 spiro atoms. The van der Waals surface area contributed by atoms with E-state index in [1.54, 1.807) is 7.11 Å². The van der Waals surface area contributed by atoms with Gasteiger partial charge in [0, 0.05) is 25.3 Å². The van der Waals surface area contributed by atoms with E-state index in [1.807, 2.05) is 37.3 Å². The molecule has 138 valence electrons. The lowest BCUT2D eigenvalue weighted by molar-refractivity contribution is -0.384. The van der Waals surface area contributed by atoms with Crippen LogP contribution in [0.15, 0.2) is 48.5 Å². The van der Waals surface area contributed by atoms with Gasteiger partial charge in [-0.2, -0.15) is 0 Å². The van der Waals surface area contributed by atoms with Crippen molar-refractivity contribution in [3.8, 4) is 0 Å². The first kappa shape index (κ1) is 19.8. The van der Waals surface area contributed by atoms with Gasteiger partial charge in [0.1, 0.15) is 6.04 Å². The SMILES string of the molecule is COC[C@@H](C)N[C@@H](C(=O)Nc1ccc([N+](=O)[O-])cc1Cl)c1ccccc1. The van der Waals surface area contributed by atoms with Crippen molar-refractivity contribution in [2.24, 2.45) is 0 Å². The highest BCUT2D eigenvalue weighted by atomic mass is 35.5. The van der Waals surface area contributed by atoms with Crippen LogP contribution >= 0.6 is 11.6 Å². The lowest BCUT2D eigenvalue weighted by Gasteiger charge is -2.23. The number of nitrogens with zero attached hydrogens (tertiary/aromatic N) is 1. The van der Waals surface area contributed by atoms with Gasteiger partial charge in [-0.15, -0.1) is 0 Å². The second kappa shape index (κ2) is 9.28. The minimum absolute atomic E-state index is 0.0664. The van der Waals surface area contributed by atoms with Crippen molar-refractivity contribution in [2.75, 3.05) is 19.0 Å². The first-order valence-corrected chi connectivity index (χ1v) is 8.35. The summed E-state index contributed by atoms with van der Waals surface area (Å²) in [5, 5.41) is 16.8. The smallest absolute Gasteiger partial charge is 0.271 e. The monoisotopic (exact) mass is 377 g/mol. The number of rotatable bonds is 8. The number of amides is 1. The highest BCUT2D eigenvalue weighted by molar-refractivity contribution is 6.34. The van der Waals surface area contributed by atoms with E-state index in [1.165, 1.54) is 18.2 Å². The van der Waals surface area contributed by atoms with Gasteiger partial charge >= 0.3 is 0 Å². The summed E-state index contributed by atoms with van der Waals surface area (Å²) in [7, 11) is 1.59. The van der Waals surface area contributed by atoms with E-state index in [2.05, 4.69) is 10.6 Å². The summed E-state index contributed by atoms with van der Waals surface area (Å²) in [6.07, 6.45) is 0. The largest absolute Gasteiger partial charge is 0.383 e. The Labute approximate surface area is 156 Å². The molecular weight excluding hydrogens is 358 g/mol. The van der Waals surface area contributed by atoms with Gasteiger partial charge in [0.05, 0.1) is 22.2 Å². The van der Waals surface area contributed by atoms with Gasteiger partial charge < -0.3 is 10.1 Å². The zero-order valence-electron chi connectivity index (χ0n) is 14.4. The molecule has 0 saturated carbocycles. The molecule has 2 atom stereocenters. The number of halogens is 1. The number of nitro benzene ring substituents is 1. The van der Waals surface area contributed by atoms with E-state index < -0.39 is 11.0 Å². The number of ether oxygens (including phenoxy) is 1. The van der Waals surface area contributed by atoms with E-state index in [-0.39, 0.29) is 22.7 Å². The maximum absolute atomic E-state index is 12.8. The number of nitrogens with one attached hydrogen (secondary N) is 2. The van der Waals surface area contributed by atoms with Crippen LogP contribution in [0.3, 0.4) is 0 Å². The Balaban J connectivity index is 2.22. The van der Waals surface area contributed by atoms with E-state index in [4.69, 9.17) is 16.3 Å². The molecule has 0 radical (unpaired) electrons. The van der Waals surface area contributed by atoms with Crippen molar-refractivity contribution < 1.29 is 14.5 Å². The zero-order valence-corrected chi connectivity index (χ0v) is 15.2. The molecule has 2 aromatic rings. The first-order valence-electron chi connectivity index (χ1n) is 7.97. The molecule has 0 unspecified atom stereocenters. The van der Waals surface area contributed by atoms with Crippen molar-refractivity contribution in [1.29, 1.82) is 0 Å². The number of carbonyl (C=O) groups is 1. The van der Waals surface area contributed by atoms with Gasteiger partial charge in [-0.05, 0) is 18.6 Å². The molecule has 1 amide bonds. The van der Waals surface area contributed by atoms with Crippen molar-refractivity contribution >= 4 is 28.9 Å². The molecule has 0 aromatic heterocycles. The molecule has 0 bridgehead atoms. The summed E-state index contributed by atoms with van der Waals surface area (Å²) in [6.45, 7) is 2.35. The minimum atomic E-state index is -0.632. The average Bonchev–Trinajstić information content (AvgIpc) is 2.62. The van der Waals surface area contributed by atoms with Gasteiger partial charge in [0.15, 0.2) is 0 Å². The zero-order chi connectivity index (χ0) is 19.1. The lowest BCUT2D eigenvalue weighted by Crippen LogP contribution is -2.40. The van der Waals surface area contributed by atoms with Crippen molar-refractivity contribution in [3.05, 3.63) is 69.2 Å². The van der Waals surface area contributed by atoms with Crippen LogP contribution in [-0.2, 0) is 9.53 Å². The maximum Gasteiger partial charge on any atom is 0.271 e. The Morgan fingerprint density at radius 2 is 1.96 bits per heavy atom. The topological polar surface area (TPSA) is 93.5 Å². The highest BCUT2D eigenvalue weighted by Gasteiger charge is 2.23. The highest BCUT2D eigenvalue weighted by Crippen LogP contribution is 2.27. The quantitative estimate of drug-likeness (QED) is 0.542. The molecule has 0 saturated heterocycles. The normalized spacial score (nSPS) is 13.0. The predicted octanol–water partition coefficient (Wildman–Crippen LogP) is 3.55. The van der Waals surface area contributed by atoms with Crippen LogP contribution in [0, 0.1) is 10.1 Å². The van der Waals surface area contributed by atoms with Crippen LogP contribution in [0.1, 0.15) is 18.5 Å². The first-order chi connectivity index (χ1) is 12.4. The Bertz CT molecular complexity index is 770. The molecule has 0 aliphatic carbocycles. The number of non-ortho nitro benzene ring substituents is 1. The van der Waals surface area contributed by atoms with E-state index in [9.17, 15) is 14.9 Å². The molecule has 2 aromatic carbocycles. The number of hydrogen-bond donors (Lipinski definition) is 2. The molecule has 26 heavy (non-hydrogen) atoms. The summed E-state index contributed by atoms with van der Waals surface area (Å²) in [4.78, 5) is 23.1. The molecular formula is C18H20ClN3O4. The standard InChI is InChI=1S/C18H20ClN3O4/c1-12(11-26-2)20-17(13-6-4-3-5-7-13)18(23)21-16-9-8-14(22(24)25)10-15(16)19/h3-10,12,17,20H,11H2,1-2H3,(H,21,23)/t12-,17-/m1/s1. The molecule has 0 aliphatic heterocycles. The van der Waals surface area contributed by atoms with Crippen molar-refractivity contribution in [1.82, 2.24) is 5.32 Å². The fourth-order valence-electron chi connectivity index (χ4n) is 2.48.